The van der Waals surface area contributed by atoms with E-state index in [1.165, 1.54) is 0 Å². The molecule has 4 atom stereocenters. The van der Waals surface area contributed by atoms with Gasteiger partial charge in [0.25, 0.3) is 0 Å². The molecule has 0 amide bonds. The molecule has 5 heteroatoms. The van der Waals surface area contributed by atoms with Crippen LogP contribution in [0.2, 0.25) is 0 Å². The number of hydrogen-bond acceptors (Lipinski definition) is 3. The first-order valence-electron chi connectivity index (χ1n) is 6.51. The van der Waals surface area contributed by atoms with Crippen LogP contribution in [0.5, 0.6) is 0 Å². The van der Waals surface area contributed by atoms with Crippen molar-refractivity contribution in [2.24, 2.45) is 17.8 Å². The Balaban J connectivity index is 1.91. The lowest BCUT2D eigenvalue weighted by atomic mass is 10.3. The van der Waals surface area contributed by atoms with Gasteiger partial charge in [-0.2, -0.15) is 0 Å². The monoisotopic (exact) mass is 260 g/mol. The summed E-state index contributed by atoms with van der Waals surface area (Å²) in [6, 6.07) is 0. The maximum absolute atomic E-state index is 12.2. The molecule has 0 radical (unpaired) electrons. The van der Waals surface area contributed by atoms with E-state index in [1.54, 1.807) is 4.31 Å². The van der Waals surface area contributed by atoms with Crippen LogP contribution in [0.1, 0.15) is 20.3 Å². The van der Waals surface area contributed by atoms with Gasteiger partial charge in [-0.1, -0.05) is 6.92 Å². The summed E-state index contributed by atoms with van der Waals surface area (Å²) in [6.07, 6.45) is 0.704. The van der Waals surface area contributed by atoms with Crippen LogP contribution in [-0.4, -0.2) is 56.6 Å². The largest absolute Gasteiger partial charge is 0.309 e. The van der Waals surface area contributed by atoms with Gasteiger partial charge in [0.15, 0.2) is 0 Å². The summed E-state index contributed by atoms with van der Waals surface area (Å²) in [5.74, 6) is 1.97. The van der Waals surface area contributed by atoms with Gasteiger partial charge in [-0.25, -0.2) is 12.7 Å². The van der Waals surface area contributed by atoms with Gasteiger partial charge in [-0.15, -0.1) is 0 Å². The van der Waals surface area contributed by atoms with Crippen LogP contribution in [0.4, 0.5) is 0 Å². The van der Waals surface area contributed by atoms with Gasteiger partial charge in [0, 0.05) is 19.6 Å². The highest BCUT2D eigenvalue weighted by atomic mass is 32.2. The molecule has 17 heavy (non-hydrogen) atoms. The molecule has 100 valence electrons. The molecule has 1 saturated heterocycles. The van der Waals surface area contributed by atoms with Crippen molar-refractivity contribution in [3.63, 3.8) is 0 Å². The molecule has 0 aromatic rings. The Morgan fingerprint density at radius 3 is 2.24 bits per heavy atom. The Morgan fingerprint density at radius 2 is 1.82 bits per heavy atom. The van der Waals surface area contributed by atoms with E-state index in [4.69, 9.17) is 0 Å². The maximum atomic E-state index is 12.2. The van der Waals surface area contributed by atoms with E-state index >= 15 is 0 Å². The topological polar surface area (TPSA) is 40.6 Å². The molecule has 2 aliphatic rings. The molecule has 1 aliphatic carbocycles. The van der Waals surface area contributed by atoms with Gasteiger partial charge in [-0.3, -0.25) is 0 Å². The molecule has 2 fully saturated rings. The van der Waals surface area contributed by atoms with Gasteiger partial charge in [0.05, 0.1) is 5.25 Å². The minimum atomic E-state index is -3.02. The molecular formula is C12H24N2O2S. The van der Waals surface area contributed by atoms with Crippen LogP contribution < -0.4 is 0 Å². The average molecular weight is 260 g/mol. The highest BCUT2D eigenvalue weighted by molar-refractivity contribution is 7.89. The van der Waals surface area contributed by atoms with Gasteiger partial charge in [0.2, 0.25) is 10.0 Å². The standard InChI is InChI=1S/C12H24N2O2S/c1-5-9(2)17(15,16)14-7-11-10(6-13(3)4)12(11)8-14/h9-12H,5-8H2,1-4H3/t9-,10?,11-,12+/m1/s1. The normalized spacial score (nSPS) is 35.0. The predicted octanol–water partition coefficient (Wildman–Crippen LogP) is 0.854. The number of hydrogen-bond donors (Lipinski definition) is 0. The molecule has 0 N–H and O–H groups in total. The molecule has 4 nitrogen and oxygen atoms in total. The summed E-state index contributed by atoms with van der Waals surface area (Å²) in [6.45, 7) is 6.38. The lowest BCUT2D eigenvalue weighted by Crippen LogP contribution is -2.38. The zero-order valence-corrected chi connectivity index (χ0v) is 12.1. The summed E-state index contributed by atoms with van der Waals surface area (Å²) >= 11 is 0. The molecule has 1 aliphatic heterocycles. The SMILES string of the molecule is CC[C@@H](C)S(=O)(=O)N1C[C@@H]2C(CN(C)C)[C@@H]2C1. The first-order chi connectivity index (χ1) is 7.87. The predicted molar refractivity (Wildman–Crippen MR) is 69.3 cm³/mol. The zero-order chi connectivity index (χ0) is 12.8. The van der Waals surface area contributed by atoms with Crippen LogP contribution in [0.15, 0.2) is 0 Å². The van der Waals surface area contributed by atoms with Crippen molar-refractivity contribution in [1.29, 1.82) is 0 Å². The number of nitrogens with zero attached hydrogens (tertiary/aromatic N) is 2. The summed E-state index contributed by atoms with van der Waals surface area (Å²) in [4.78, 5) is 2.20. The van der Waals surface area contributed by atoms with E-state index in [0.717, 1.165) is 25.6 Å². The van der Waals surface area contributed by atoms with E-state index < -0.39 is 10.0 Å². The fourth-order valence-corrected chi connectivity index (χ4v) is 4.67. The van der Waals surface area contributed by atoms with E-state index in [2.05, 4.69) is 19.0 Å². The molecule has 1 saturated carbocycles. The highest BCUT2D eigenvalue weighted by Gasteiger charge is 2.57. The molecule has 2 rings (SSSR count). The average Bonchev–Trinajstić information content (AvgIpc) is 2.73. The minimum Gasteiger partial charge on any atom is -0.309 e. The van der Waals surface area contributed by atoms with Crippen molar-refractivity contribution in [3.05, 3.63) is 0 Å². The summed E-state index contributed by atoms with van der Waals surface area (Å²) in [5.41, 5.74) is 0. The molecule has 0 spiro atoms. The van der Waals surface area contributed by atoms with Crippen molar-refractivity contribution < 1.29 is 8.42 Å². The molecule has 0 aromatic carbocycles. The summed E-state index contributed by atoms with van der Waals surface area (Å²) < 4.78 is 26.1. The third kappa shape index (κ3) is 2.37. The van der Waals surface area contributed by atoms with Crippen LogP contribution in [0.3, 0.4) is 0 Å². The maximum Gasteiger partial charge on any atom is 0.216 e. The van der Waals surface area contributed by atoms with E-state index in [0.29, 0.717) is 18.3 Å². The van der Waals surface area contributed by atoms with Gasteiger partial charge < -0.3 is 4.90 Å². The van der Waals surface area contributed by atoms with Crippen LogP contribution >= 0.6 is 0 Å². The highest BCUT2D eigenvalue weighted by Crippen LogP contribution is 2.52. The van der Waals surface area contributed by atoms with Crippen molar-refractivity contribution >= 4 is 10.0 Å². The van der Waals surface area contributed by atoms with Crippen LogP contribution in [-0.2, 0) is 10.0 Å². The fourth-order valence-electron chi connectivity index (χ4n) is 2.98. The Kier molecular flexibility index (Phi) is 3.54. The lowest BCUT2D eigenvalue weighted by Gasteiger charge is -2.23. The Morgan fingerprint density at radius 1 is 1.29 bits per heavy atom. The van der Waals surface area contributed by atoms with Gasteiger partial charge in [-0.05, 0) is 45.2 Å². The van der Waals surface area contributed by atoms with Crippen molar-refractivity contribution in [3.8, 4) is 0 Å². The Bertz CT molecular complexity index is 368. The minimum absolute atomic E-state index is 0.229. The van der Waals surface area contributed by atoms with E-state index in [-0.39, 0.29) is 5.25 Å². The first-order valence-corrected chi connectivity index (χ1v) is 8.02. The molecule has 1 heterocycles. The van der Waals surface area contributed by atoms with E-state index in [1.807, 2.05) is 13.8 Å². The van der Waals surface area contributed by atoms with Gasteiger partial charge >= 0.3 is 0 Å². The number of sulfonamides is 1. The second kappa shape index (κ2) is 4.52. The van der Waals surface area contributed by atoms with Crippen molar-refractivity contribution in [2.75, 3.05) is 33.7 Å². The van der Waals surface area contributed by atoms with Crippen LogP contribution in [0, 0.1) is 17.8 Å². The van der Waals surface area contributed by atoms with Crippen LogP contribution in [0.25, 0.3) is 0 Å². The van der Waals surface area contributed by atoms with Gasteiger partial charge in [0.1, 0.15) is 0 Å². The Labute approximate surface area is 105 Å². The zero-order valence-electron chi connectivity index (χ0n) is 11.3. The number of piperidine rings is 1. The Hall–Kier alpha value is -0.130. The molecule has 1 unspecified atom stereocenters. The fraction of sp³-hybridized carbons (Fsp3) is 1.00. The summed E-state index contributed by atoms with van der Waals surface area (Å²) in [5, 5.41) is -0.229. The third-order valence-corrected chi connectivity index (χ3v) is 6.73. The van der Waals surface area contributed by atoms with Crippen molar-refractivity contribution in [2.45, 2.75) is 25.5 Å². The third-order valence-electron chi connectivity index (χ3n) is 4.36. The molecular weight excluding hydrogens is 236 g/mol. The first kappa shape index (κ1) is 13.3. The second-order valence-electron chi connectivity index (χ2n) is 5.83. The number of fused-ring (bicyclic) bond motifs is 1. The smallest absolute Gasteiger partial charge is 0.216 e. The van der Waals surface area contributed by atoms with Crippen molar-refractivity contribution in [1.82, 2.24) is 9.21 Å². The molecule has 0 bridgehead atoms. The molecule has 0 aromatic heterocycles. The lowest BCUT2D eigenvalue weighted by molar-refractivity contribution is 0.333. The number of rotatable bonds is 5. The second-order valence-corrected chi connectivity index (χ2v) is 8.19. The quantitative estimate of drug-likeness (QED) is 0.736. The summed E-state index contributed by atoms with van der Waals surface area (Å²) in [7, 11) is 1.15. The van der Waals surface area contributed by atoms with E-state index in [9.17, 15) is 8.42 Å².